The SMILES string of the molecule is COCCOc1ccc(N(C)c2ccc3c(c2)CCC[C@H]3CNc2cnccc2C(=O)OC)cc1. The molecule has 0 unspecified atom stereocenters. The summed E-state index contributed by atoms with van der Waals surface area (Å²) in [6.45, 7) is 1.85. The van der Waals surface area contributed by atoms with Crippen molar-refractivity contribution in [3.05, 3.63) is 77.6 Å². The van der Waals surface area contributed by atoms with Crippen molar-refractivity contribution < 1.29 is 19.0 Å². The molecule has 0 spiro atoms. The van der Waals surface area contributed by atoms with Crippen LogP contribution in [0.4, 0.5) is 17.1 Å². The highest BCUT2D eigenvalue weighted by atomic mass is 16.5. The van der Waals surface area contributed by atoms with E-state index in [2.05, 4.69) is 52.6 Å². The first-order chi connectivity index (χ1) is 17.1. The second kappa shape index (κ2) is 11.7. The summed E-state index contributed by atoms with van der Waals surface area (Å²) in [5.74, 6) is 0.845. The summed E-state index contributed by atoms with van der Waals surface area (Å²) in [4.78, 5) is 18.4. The topological polar surface area (TPSA) is 72.9 Å². The summed E-state index contributed by atoms with van der Waals surface area (Å²) < 4.78 is 15.6. The molecule has 7 heteroatoms. The molecule has 0 radical (unpaired) electrons. The molecule has 1 atom stereocenters. The average Bonchev–Trinajstić information content (AvgIpc) is 2.91. The number of benzene rings is 2. The zero-order valence-electron chi connectivity index (χ0n) is 20.6. The Morgan fingerprint density at radius 1 is 1.09 bits per heavy atom. The molecule has 1 aliphatic carbocycles. The zero-order valence-corrected chi connectivity index (χ0v) is 20.6. The van der Waals surface area contributed by atoms with Crippen molar-refractivity contribution in [2.75, 3.05) is 51.2 Å². The van der Waals surface area contributed by atoms with E-state index in [0.717, 1.165) is 42.9 Å². The normalized spacial score (nSPS) is 14.7. The molecule has 0 saturated heterocycles. The quantitative estimate of drug-likeness (QED) is 0.319. The molecule has 0 fully saturated rings. The van der Waals surface area contributed by atoms with Crippen LogP contribution in [-0.4, -0.2) is 52.0 Å². The number of nitrogens with zero attached hydrogens (tertiary/aromatic N) is 2. The minimum Gasteiger partial charge on any atom is -0.491 e. The van der Waals surface area contributed by atoms with E-state index in [0.29, 0.717) is 30.4 Å². The number of carbonyl (C=O) groups excluding carboxylic acids is 1. The molecule has 0 aliphatic heterocycles. The number of fused-ring (bicyclic) bond motifs is 1. The standard InChI is InChI=1S/C28H33N3O4/c1-31(22-7-10-24(11-8-22)35-16-15-33-2)23-9-12-25-20(17-23)5-4-6-21(25)18-30-27-19-29-14-13-26(27)28(32)34-3/h7-14,17,19,21,30H,4-6,15-16,18H2,1-3H3/t21-/m0/s1. The molecule has 4 rings (SSSR count). The summed E-state index contributed by atoms with van der Waals surface area (Å²) in [5.41, 5.74) is 6.22. The molecule has 1 heterocycles. The molecule has 0 bridgehead atoms. The van der Waals surface area contributed by atoms with Crippen LogP contribution < -0.4 is 15.0 Å². The van der Waals surface area contributed by atoms with Gasteiger partial charge in [0.05, 0.1) is 31.2 Å². The Labute approximate surface area is 207 Å². The highest BCUT2D eigenvalue weighted by Gasteiger charge is 2.22. The van der Waals surface area contributed by atoms with Crippen LogP contribution >= 0.6 is 0 Å². The van der Waals surface area contributed by atoms with Crippen molar-refractivity contribution in [1.29, 1.82) is 0 Å². The van der Waals surface area contributed by atoms with Gasteiger partial charge in [-0.15, -0.1) is 0 Å². The van der Waals surface area contributed by atoms with Crippen LogP contribution in [0, 0.1) is 0 Å². The second-order valence-corrected chi connectivity index (χ2v) is 8.66. The molecule has 2 aromatic carbocycles. The van der Waals surface area contributed by atoms with Crippen LogP contribution in [0.1, 0.15) is 40.2 Å². The molecule has 1 N–H and O–H groups in total. The van der Waals surface area contributed by atoms with Gasteiger partial charge in [-0.05, 0) is 72.9 Å². The number of ether oxygens (including phenoxy) is 3. The predicted molar refractivity (Wildman–Crippen MR) is 138 cm³/mol. The number of aromatic nitrogens is 1. The predicted octanol–water partition coefficient (Wildman–Crippen LogP) is 5.19. The third-order valence-corrected chi connectivity index (χ3v) is 6.50. The Morgan fingerprint density at radius 3 is 2.66 bits per heavy atom. The van der Waals surface area contributed by atoms with Crippen LogP contribution in [0.5, 0.6) is 5.75 Å². The minimum absolute atomic E-state index is 0.360. The number of methoxy groups -OCH3 is 2. The highest BCUT2D eigenvalue weighted by Crippen LogP contribution is 2.36. The van der Waals surface area contributed by atoms with Gasteiger partial charge in [-0.2, -0.15) is 0 Å². The van der Waals surface area contributed by atoms with Crippen molar-refractivity contribution in [3.63, 3.8) is 0 Å². The Kier molecular flexibility index (Phi) is 8.21. The van der Waals surface area contributed by atoms with Crippen LogP contribution in [0.15, 0.2) is 60.9 Å². The molecule has 0 saturated carbocycles. The van der Waals surface area contributed by atoms with E-state index < -0.39 is 0 Å². The minimum atomic E-state index is -0.360. The van der Waals surface area contributed by atoms with Gasteiger partial charge in [0.2, 0.25) is 0 Å². The number of esters is 1. The van der Waals surface area contributed by atoms with Crippen LogP contribution in [0.2, 0.25) is 0 Å². The van der Waals surface area contributed by atoms with Gasteiger partial charge in [0.15, 0.2) is 0 Å². The third-order valence-electron chi connectivity index (χ3n) is 6.50. The lowest BCUT2D eigenvalue weighted by Gasteiger charge is -2.28. The van der Waals surface area contributed by atoms with Gasteiger partial charge in [-0.1, -0.05) is 6.07 Å². The lowest BCUT2D eigenvalue weighted by Crippen LogP contribution is -2.20. The number of carbonyl (C=O) groups is 1. The monoisotopic (exact) mass is 475 g/mol. The number of aryl methyl sites for hydroxylation is 1. The van der Waals surface area contributed by atoms with Crippen LogP contribution in [0.3, 0.4) is 0 Å². The molecule has 0 amide bonds. The molecule has 1 aromatic heterocycles. The van der Waals surface area contributed by atoms with Crippen molar-refractivity contribution in [2.24, 2.45) is 0 Å². The van der Waals surface area contributed by atoms with Crippen LogP contribution in [-0.2, 0) is 15.9 Å². The second-order valence-electron chi connectivity index (χ2n) is 8.66. The summed E-state index contributed by atoms with van der Waals surface area (Å²) in [6, 6.07) is 16.5. The zero-order chi connectivity index (χ0) is 24.6. The van der Waals surface area contributed by atoms with Crippen molar-refractivity contribution >= 4 is 23.0 Å². The van der Waals surface area contributed by atoms with E-state index in [1.54, 1.807) is 25.6 Å². The summed E-state index contributed by atoms with van der Waals surface area (Å²) in [6.07, 6.45) is 6.60. The van der Waals surface area contributed by atoms with Gasteiger partial charge in [-0.25, -0.2) is 4.79 Å². The summed E-state index contributed by atoms with van der Waals surface area (Å²) >= 11 is 0. The van der Waals surface area contributed by atoms with E-state index in [-0.39, 0.29) is 5.97 Å². The first kappa shape index (κ1) is 24.5. The Balaban J connectivity index is 1.45. The van der Waals surface area contributed by atoms with Crippen molar-refractivity contribution in [3.8, 4) is 5.75 Å². The van der Waals surface area contributed by atoms with Gasteiger partial charge in [-0.3, -0.25) is 4.98 Å². The lowest BCUT2D eigenvalue weighted by molar-refractivity contribution is 0.0601. The highest BCUT2D eigenvalue weighted by molar-refractivity contribution is 5.95. The lowest BCUT2D eigenvalue weighted by atomic mass is 9.82. The number of hydrogen-bond donors (Lipinski definition) is 1. The first-order valence-corrected chi connectivity index (χ1v) is 11.9. The molecule has 1 aliphatic rings. The van der Waals surface area contributed by atoms with Crippen molar-refractivity contribution in [2.45, 2.75) is 25.2 Å². The molecule has 7 nitrogen and oxygen atoms in total. The van der Waals surface area contributed by atoms with Crippen molar-refractivity contribution in [1.82, 2.24) is 4.98 Å². The Hall–Kier alpha value is -3.58. The maximum Gasteiger partial charge on any atom is 0.340 e. The van der Waals surface area contributed by atoms with E-state index in [1.165, 1.54) is 18.2 Å². The number of nitrogens with one attached hydrogen (secondary N) is 1. The van der Waals surface area contributed by atoms with E-state index in [9.17, 15) is 4.79 Å². The first-order valence-electron chi connectivity index (χ1n) is 11.9. The van der Waals surface area contributed by atoms with Gasteiger partial charge < -0.3 is 24.4 Å². The molecule has 35 heavy (non-hydrogen) atoms. The number of anilines is 3. The molecular formula is C28H33N3O4. The smallest absolute Gasteiger partial charge is 0.340 e. The summed E-state index contributed by atoms with van der Waals surface area (Å²) in [7, 11) is 5.14. The fraction of sp³-hybridized carbons (Fsp3) is 0.357. The maximum absolute atomic E-state index is 12.1. The molecule has 184 valence electrons. The van der Waals surface area contributed by atoms with Gasteiger partial charge in [0.1, 0.15) is 12.4 Å². The van der Waals surface area contributed by atoms with E-state index in [4.69, 9.17) is 14.2 Å². The van der Waals surface area contributed by atoms with E-state index in [1.807, 2.05) is 12.1 Å². The third kappa shape index (κ3) is 5.92. The maximum atomic E-state index is 12.1. The number of rotatable bonds is 10. The largest absolute Gasteiger partial charge is 0.491 e. The fourth-order valence-electron chi connectivity index (χ4n) is 4.54. The molecular weight excluding hydrogens is 442 g/mol. The number of pyridine rings is 1. The Bertz CT molecular complexity index is 1130. The van der Waals surface area contributed by atoms with Gasteiger partial charge in [0, 0.05) is 44.2 Å². The van der Waals surface area contributed by atoms with Gasteiger partial charge in [0.25, 0.3) is 0 Å². The number of hydrogen-bond acceptors (Lipinski definition) is 7. The summed E-state index contributed by atoms with van der Waals surface area (Å²) in [5, 5.41) is 3.43. The molecule has 3 aromatic rings. The van der Waals surface area contributed by atoms with Crippen LogP contribution in [0.25, 0.3) is 0 Å². The average molecular weight is 476 g/mol. The van der Waals surface area contributed by atoms with Gasteiger partial charge >= 0.3 is 5.97 Å². The van der Waals surface area contributed by atoms with E-state index >= 15 is 0 Å². The fourth-order valence-corrected chi connectivity index (χ4v) is 4.54. The Morgan fingerprint density at radius 2 is 1.89 bits per heavy atom.